The normalized spacial score (nSPS) is 11.1. The number of rotatable bonds is 8. The minimum Gasteiger partial charge on any atom is -0.497 e. The largest absolute Gasteiger partial charge is 0.497 e. The number of hydrogen-bond acceptors (Lipinski definition) is 5. The summed E-state index contributed by atoms with van der Waals surface area (Å²) in [5.74, 6) is 0.605. The van der Waals surface area contributed by atoms with E-state index in [0.29, 0.717) is 17.9 Å². The Labute approximate surface area is 159 Å². The molecule has 0 spiro atoms. The number of hydrogen-bond donors (Lipinski definition) is 1. The number of fused-ring (bicyclic) bond motifs is 1. The van der Waals surface area contributed by atoms with E-state index in [1.165, 1.54) is 0 Å². The van der Waals surface area contributed by atoms with Crippen LogP contribution >= 0.6 is 0 Å². The Bertz CT molecular complexity index is 900. The first kappa shape index (κ1) is 18.8. The lowest BCUT2D eigenvalue weighted by Gasteiger charge is -2.17. The molecule has 0 bridgehead atoms. The molecule has 142 valence electrons. The molecular formula is C20H25N5O2. The van der Waals surface area contributed by atoms with Crippen molar-refractivity contribution in [3.8, 4) is 17.0 Å². The highest BCUT2D eigenvalue weighted by Crippen LogP contribution is 2.24. The maximum absolute atomic E-state index is 12.5. The number of carbonyl (C=O) groups is 1. The first-order chi connectivity index (χ1) is 13.2. The van der Waals surface area contributed by atoms with E-state index in [2.05, 4.69) is 34.0 Å². The van der Waals surface area contributed by atoms with E-state index >= 15 is 0 Å². The molecule has 27 heavy (non-hydrogen) atoms. The van der Waals surface area contributed by atoms with E-state index in [1.807, 2.05) is 28.7 Å². The third-order valence-electron chi connectivity index (χ3n) is 4.58. The molecule has 1 aromatic carbocycles. The first-order valence-corrected chi connectivity index (χ1v) is 9.15. The number of carbonyl (C=O) groups excluding carboxylic acids is 1. The highest BCUT2D eigenvalue weighted by atomic mass is 16.5. The van der Waals surface area contributed by atoms with Gasteiger partial charge < -0.3 is 19.4 Å². The second-order valence-corrected chi connectivity index (χ2v) is 6.14. The Morgan fingerprint density at radius 2 is 1.96 bits per heavy atom. The molecule has 0 aliphatic heterocycles. The van der Waals surface area contributed by atoms with E-state index in [0.717, 1.165) is 36.6 Å². The monoisotopic (exact) mass is 367 g/mol. The lowest BCUT2D eigenvalue weighted by Crippen LogP contribution is -2.34. The number of nitrogens with one attached hydrogen (secondary N) is 1. The molecule has 0 saturated carbocycles. The van der Waals surface area contributed by atoms with Crippen LogP contribution in [-0.4, -0.2) is 58.5 Å². The summed E-state index contributed by atoms with van der Waals surface area (Å²) >= 11 is 0. The third-order valence-corrected chi connectivity index (χ3v) is 4.58. The third kappa shape index (κ3) is 4.25. The van der Waals surface area contributed by atoms with Crippen molar-refractivity contribution in [3.63, 3.8) is 0 Å². The summed E-state index contributed by atoms with van der Waals surface area (Å²) in [5, 5.41) is 2.94. The van der Waals surface area contributed by atoms with Crippen LogP contribution in [0.1, 0.15) is 24.3 Å². The van der Waals surface area contributed by atoms with Gasteiger partial charge >= 0.3 is 0 Å². The zero-order valence-corrected chi connectivity index (χ0v) is 16.0. The van der Waals surface area contributed by atoms with Crippen molar-refractivity contribution >= 4 is 11.6 Å². The Morgan fingerprint density at radius 3 is 2.63 bits per heavy atom. The van der Waals surface area contributed by atoms with Crippen LogP contribution in [0.4, 0.5) is 0 Å². The van der Waals surface area contributed by atoms with Gasteiger partial charge in [-0.05, 0) is 37.4 Å². The predicted octanol–water partition coefficient (Wildman–Crippen LogP) is 2.48. The van der Waals surface area contributed by atoms with Crippen LogP contribution in [0, 0.1) is 0 Å². The molecular weight excluding hydrogens is 342 g/mol. The van der Waals surface area contributed by atoms with Crippen molar-refractivity contribution in [1.29, 1.82) is 0 Å². The van der Waals surface area contributed by atoms with Gasteiger partial charge in [-0.25, -0.2) is 4.98 Å². The van der Waals surface area contributed by atoms with E-state index in [9.17, 15) is 4.79 Å². The summed E-state index contributed by atoms with van der Waals surface area (Å²) in [6.45, 7) is 7.58. The van der Waals surface area contributed by atoms with Gasteiger partial charge in [0.15, 0.2) is 5.65 Å². The molecule has 0 aliphatic rings. The van der Waals surface area contributed by atoms with Crippen LogP contribution in [0.2, 0.25) is 0 Å². The fourth-order valence-electron chi connectivity index (χ4n) is 2.94. The molecule has 0 radical (unpaired) electrons. The van der Waals surface area contributed by atoms with Crippen molar-refractivity contribution in [2.75, 3.05) is 33.3 Å². The molecule has 1 N–H and O–H groups in total. The summed E-state index contributed by atoms with van der Waals surface area (Å²) < 4.78 is 7.03. The average Bonchev–Trinajstić information content (AvgIpc) is 3.16. The molecule has 7 heteroatoms. The second-order valence-electron chi connectivity index (χ2n) is 6.14. The van der Waals surface area contributed by atoms with Gasteiger partial charge in [0.1, 0.15) is 17.1 Å². The molecule has 2 heterocycles. The van der Waals surface area contributed by atoms with Crippen molar-refractivity contribution in [1.82, 2.24) is 24.6 Å². The lowest BCUT2D eigenvalue weighted by molar-refractivity contribution is 0.0944. The molecule has 3 aromatic rings. The van der Waals surface area contributed by atoms with Crippen molar-refractivity contribution < 1.29 is 9.53 Å². The number of nitrogens with zero attached hydrogens (tertiary/aromatic N) is 4. The Kier molecular flexibility index (Phi) is 6.03. The molecule has 0 unspecified atom stereocenters. The summed E-state index contributed by atoms with van der Waals surface area (Å²) in [7, 11) is 1.63. The van der Waals surface area contributed by atoms with Gasteiger partial charge in [0.05, 0.1) is 7.11 Å². The molecule has 0 saturated heterocycles. The van der Waals surface area contributed by atoms with E-state index in [4.69, 9.17) is 4.74 Å². The highest BCUT2D eigenvalue weighted by Gasteiger charge is 2.14. The SMILES string of the molecule is CCN(CC)CCNC(=O)c1cn2ccnc(-c3ccc(OC)cc3)c2n1. The van der Waals surface area contributed by atoms with Crippen LogP contribution in [0.3, 0.4) is 0 Å². The maximum Gasteiger partial charge on any atom is 0.271 e. The number of methoxy groups -OCH3 is 1. The standard InChI is InChI=1S/C20H25N5O2/c1-4-24(5-2)12-10-22-20(26)17-14-25-13-11-21-18(19(25)23-17)15-6-8-16(27-3)9-7-15/h6-9,11,13-14H,4-5,10,12H2,1-3H3,(H,22,26). The first-order valence-electron chi connectivity index (χ1n) is 9.15. The van der Waals surface area contributed by atoms with Gasteiger partial charge in [0, 0.05) is 37.2 Å². The van der Waals surface area contributed by atoms with E-state index in [-0.39, 0.29) is 5.91 Å². The average molecular weight is 367 g/mol. The summed E-state index contributed by atoms with van der Waals surface area (Å²) in [5.41, 5.74) is 2.68. The second kappa shape index (κ2) is 8.64. The minimum atomic E-state index is -0.175. The summed E-state index contributed by atoms with van der Waals surface area (Å²) in [4.78, 5) is 23.7. The van der Waals surface area contributed by atoms with Crippen LogP contribution < -0.4 is 10.1 Å². The van der Waals surface area contributed by atoms with Gasteiger partial charge in [0.2, 0.25) is 0 Å². The molecule has 3 rings (SSSR count). The Balaban J connectivity index is 1.79. The number of aromatic nitrogens is 3. The topological polar surface area (TPSA) is 71.8 Å². The quantitative estimate of drug-likeness (QED) is 0.662. The smallest absolute Gasteiger partial charge is 0.271 e. The molecule has 7 nitrogen and oxygen atoms in total. The van der Waals surface area contributed by atoms with Crippen molar-refractivity contribution in [2.24, 2.45) is 0 Å². The number of amides is 1. The number of likely N-dealkylation sites (N-methyl/N-ethyl adjacent to an activating group) is 1. The van der Waals surface area contributed by atoms with Crippen molar-refractivity contribution in [3.05, 3.63) is 48.5 Å². The van der Waals surface area contributed by atoms with Crippen LogP contribution in [0.5, 0.6) is 5.75 Å². The van der Waals surface area contributed by atoms with Gasteiger partial charge in [-0.1, -0.05) is 13.8 Å². The Hall–Kier alpha value is -2.93. The molecule has 0 atom stereocenters. The fraction of sp³-hybridized carbons (Fsp3) is 0.350. The van der Waals surface area contributed by atoms with Gasteiger partial charge in [-0.2, -0.15) is 0 Å². The predicted molar refractivity (Wildman–Crippen MR) is 105 cm³/mol. The molecule has 1 amide bonds. The van der Waals surface area contributed by atoms with E-state index < -0.39 is 0 Å². The van der Waals surface area contributed by atoms with Gasteiger partial charge in [-0.15, -0.1) is 0 Å². The number of imidazole rings is 1. The molecule has 2 aromatic heterocycles. The van der Waals surface area contributed by atoms with Crippen LogP contribution in [0.25, 0.3) is 16.9 Å². The lowest BCUT2D eigenvalue weighted by atomic mass is 10.1. The molecule has 0 aliphatic carbocycles. The van der Waals surface area contributed by atoms with Gasteiger partial charge in [0.25, 0.3) is 5.91 Å². The number of ether oxygens (including phenoxy) is 1. The summed E-state index contributed by atoms with van der Waals surface area (Å²) in [6, 6.07) is 7.62. The minimum absolute atomic E-state index is 0.175. The zero-order chi connectivity index (χ0) is 19.2. The van der Waals surface area contributed by atoms with Crippen LogP contribution in [-0.2, 0) is 0 Å². The fourth-order valence-corrected chi connectivity index (χ4v) is 2.94. The summed E-state index contributed by atoms with van der Waals surface area (Å²) in [6.07, 6.45) is 5.23. The maximum atomic E-state index is 12.5. The van der Waals surface area contributed by atoms with E-state index in [1.54, 1.807) is 25.7 Å². The Morgan fingerprint density at radius 1 is 1.22 bits per heavy atom. The highest BCUT2D eigenvalue weighted by molar-refractivity contribution is 5.93. The zero-order valence-electron chi connectivity index (χ0n) is 16.0. The van der Waals surface area contributed by atoms with Crippen molar-refractivity contribution in [2.45, 2.75) is 13.8 Å². The number of benzene rings is 1. The van der Waals surface area contributed by atoms with Crippen LogP contribution in [0.15, 0.2) is 42.9 Å². The molecule has 0 fully saturated rings. The van der Waals surface area contributed by atoms with Gasteiger partial charge in [-0.3, -0.25) is 9.78 Å².